The summed E-state index contributed by atoms with van der Waals surface area (Å²) in [6, 6.07) is -0.745. The molecule has 4 N–H and O–H groups in total. The standard InChI is InChI=1S/C14H26N2O6/c1-5-6-8(16-13(20)22-14(2,3)4)10(17)11(18)15-7-9-12(19)21-9/h8-10,12,17,19H,5-7H2,1-4H3,(H,15,18)(H,16,20). The largest absolute Gasteiger partial charge is 0.444 e. The second-order valence-electron chi connectivity index (χ2n) is 6.30. The van der Waals surface area contributed by atoms with Gasteiger partial charge in [0.15, 0.2) is 12.4 Å². The Balaban J connectivity index is 2.48. The minimum Gasteiger partial charge on any atom is -0.444 e. The van der Waals surface area contributed by atoms with Crippen LogP contribution in [0.2, 0.25) is 0 Å². The molecule has 4 unspecified atom stereocenters. The number of aliphatic hydroxyl groups excluding tert-OH is 2. The van der Waals surface area contributed by atoms with Crippen LogP contribution in [-0.2, 0) is 14.3 Å². The van der Waals surface area contributed by atoms with Crippen molar-refractivity contribution in [3.63, 3.8) is 0 Å². The van der Waals surface area contributed by atoms with E-state index < -0.39 is 42.1 Å². The van der Waals surface area contributed by atoms with E-state index in [1.165, 1.54) is 0 Å². The maximum absolute atomic E-state index is 11.9. The van der Waals surface area contributed by atoms with E-state index in [4.69, 9.17) is 14.6 Å². The van der Waals surface area contributed by atoms with Gasteiger partial charge in [0.2, 0.25) is 0 Å². The Hall–Kier alpha value is -1.38. The molecule has 0 radical (unpaired) electrons. The fourth-order valence-electron chi connectivity index (χ4n) is 1.85. The minimum absolute atomic E-state index is 0.113. The summed E-state index contributed by atoms with van der Waals surface area (Å²) in [5, 5.41) is 24.0. The first-order valence-electron chi connectivity index (χ1n) is 7.43. The van der Waals surface area contributed by atoms with Gasteiger partial charge in [-0.05, 0) is 27.2 Å². The van der Waals surface area contributed by atoms with E-state index in [0.717, 1.165) is 0 Å². The van der Waals surface area contributed by atoms with E-state index in [-0.39, 0.29) is 6.54 Å². The highest BCUT2D eigenvalue weighted by molar-refractivity contribution is 5.82. The lowest BCUT2D eigenvalue weighted by molar-refractivity contribution is -0.130. The minimum atomic E-state index is -1.40. The van der Waals surface area contributed by atoms with Crippen molar-refractivity contribution >= 4 is 12.0 Å². The summed E-state index contributed by atoms with van der Waals surface area (Å²) in [6.45, 7) is 7.17. The lowest BCUT2D eigenvalue weighted by Crippen LogP contribution is -2.52. The van der Waals surface area contributed by atoms with Crippen molar-refractivity contribution in [3.05, 3.63) is 0 Å². The van der Waals surface area contributed by atoms with Crippen molar-refractivity contribution in [2.75, 3.05) is 6.54 Å². The molecule has 22 heavy (non-hydrogen) atoms. The van der Waals surface area contributed by atoms with Gasteiger partial charge in [-0.3, -0.25) is 4.79 Å². The molecule has 8 nitrogen and oxygen atoms in total. The Kier molecular flexibility index (Phi) is 6.58. The highest BCUT2D eigenvalue weighted by Gasteiger charge is 2.38. The van der Waals surface area contributed by atoms with Gasteiger partial charge < -0.3 is 30.3 Å². The van der Waals surface area contributed by atoms with Gasteiger partial charge in [-0.15, -0.1) is 0 Å². The van der Waals surface area contributed by atoms with Gasteiger partial charge >= 0.3 is 6.09 Å². The van der Waals surface area contributed by atoms with E-state index in [9.17, 15) is 14.7 Å². The van der Waals surface area contributed by atoms with Crippen molar-refractivity contribution in [2.45, 2.75) is 70.7 Å². The molecule has 2 amide bonds. The topological polar surface area (TPSA) is 120 Å². The van der Waals surface area contributed by atoms with Gasteiger partial charge in [-0.2, -0.15) is 0 Å². The van der Waals surface area contributed by atoms with Crippen LogP contribution in [0, 0.1) is 0 Å². The van der Waals surface area contributed by atoms with E-state index in [1.807, 2.05) is 6.92 Å². The molecule has 0 aromatic carbocycles. The molecule has 1 saturated heterocycles. The van der Waals surface area contributed by atoms with Crippen LogP contribution in [0.25, 0.3) is 0 Å². The van der Waals surface area contributed by atoms with Crippen LogP contribution < -0.4 is 10.6 Å². The molecule has 4 atom stereocenters. The van der Waals surface area contributed by atoms with Crippen molar-refractivity contribution in [1.29, 1.82) is 0 Å². The van der Waals surface area contributed by atoms with Gasteiger partial charge in [0, 0.05) is 6.54 Å². The average Bonchev–Trinajstić information content (AvgIpc) is 3.08. The number of nitrogens with one attached hydrogen (secondary N) is 2. The number of carbonyl (C=O) groups excluding carboxylic acids is 2. The predicted molar refractivity (Wildman–Crippen MR) is 78.0 cm³/mol. The Bertz CT molecular complexity index is 395. The highest BCUT2D eigenvalue weighted by atomic mass is 16.7. The summed E-state index contributed by atoms with van der Waals surface area (Å²) in [5.41, 5.74) is -0.659. The first-order chi connectivity index (χ1) is 10.1. The second kappa shape index (κ2) is 7.75. The van der Waals surface area contributed by atoms with E-state index in [1.54, 1.807) is 20.8 Å². The molecule has 1 aliphatic heterocycles. The second-order valence-corrected chi connectivity index (χ2v) is 6.30. The van der Waals surface area contributed by atoms with Crippen molar-refractivity contribution < 1.29 is 29.3 Å². The first kappa shape index (κ1) is 18.7. The lowest BCUT2D eigenvalue weighted by atomic mass is 10.1. The maximum atomic E-state index is 11.9. The van der Waals surface area contributed by atoms with E-state index in [2.05, 4.69) is 10.6 Å². The van der Waals surface area contributed by atoms with Gasteiger partial charge in [0.1, 0.15) is 11.7 Å². The molecule has 0 aromatic rings. The number of alkyl carbamates (subject to hydrolysis) is 1. The third kappa shape index (κ3) is 6.59. The quantitative estimate of drug-likeness (QED) is 0.486. The molecular formula is C14H26N2O6. The molecule has 1 heterocycles. The van der Waals surface area contributed by atoms with Crippen LogP contribution in [0.4, 0.5) is 4.79 Å². The zero-order valence-electron chi connectivity index (χ0n) is 13.5. The average molecular weight is 318 g/mol. The van der Waals surface area contributed by atoms with Crippen LogP contribution >= 0.6 is 0 Å². The molecule has 0 bridgehead atoms. The number of hydrogen-bond donors (Lipinski definition) is 4. The smallest absolute Gasteiger partial charge is 0.407 e. The SMILES string of the molecule is CCCC(NC(=O)OC(C)(C)C)C(O)C(=O)NCC1OC1O. The Morgan fingerprint density at radius 3 is 2.41 bits per heavy atom. The van der Waals surface area contributed by atoms with Gasteiger partial charge in [0.05, 0.1) is 6.04 Å². The molecule has 1 aliphatic rings. The molecule has 0 spiro atoms. The van der Waals surface area contributed by atoms with Gasteiger partial charge in [-0.25, -0.2) is 4.79 Å². The summed E-state index contributed by atoms with van der Waals surface area (Å²) in [6.07, 6.45) is -2.27. The third-order valence-corrected chi connectivity index (χ3v) is 2.98. The molecule has 0 saturated carbocycles. The number of rotatable bonds is 7. The number of ether oxygens (including phenoxy) is 2. The molecule has 8 heteroatoms. The van der Waals surface area contributed by atoms with Crippen LogP contribution in [0.5, 0.6) is 0 Å². The predicted octanol–water partition coefficient (Wildman–Crippen LogP) is -0.126. The molecule has 0 aromatic heterocycles. The first-order valence-corrected chi connectivity index (χ1v) is 7.43. The van der Waals surface area contributed by atoms with E-state index >= 15 is 0 Å². The van der Waals surface area contributed by atoms with Crippen LogP contribution in [0.1, 0.15) is 40.5 Å². The fraction of sp³-hybridized carbons (Fsp3) is 0.857. The number of hydrogen-bond acceptors (Lipinski definition) is 6. The molecule has 128 valence electrons. The Morgan fingerprint density at radius 1 is 1.36 bits per heavy atom. The third-order valence-electron chi connectivity index (χ3n) is 2.98. The van der Waals surface area contributed by atoms with Crippen LogP contribution in [-0.4, -0.2) is 58.9 Å². The summed E-state index contributed by atoms with van der Waals surface area (Å²) in [5.74, 6) is -0.628. The highest BCUT2D eigenvalue weighted by Crippen LogP contribution is 2.17. The normalized spacial score (nSPS) is 23.4. The number of amides is 2. The summed E-state index contributed by atoms with van der Waals surface area (Å²) in [4.78, 5) is 23.6. The van der Waals surface area contributed by atoms with Gasteiger partial charge in [0.25, 0.3) is 5.91 Å². The zero-order valence-corrected chi connectivity index (χ0v) is 13.5. The zero-order chi connectivity index (χ0) is 16.9. The molecule has 0 aliphatic carbocycles. The molecule has 1 rings (SSSR count). The van der Waals surface area contributed by atoms with E-state index in [0.29, 0.717) is 12.8 Å². The maximum Gasteiger partial charge on any atom is 0.407 e. The summed E-state index contributed by atoms with van der Waals surface area (Å²) in [7, 11) is 0. The van der Waals surface area contributed by atoms with Crippen LogP contribution in [0.3, 0.4) is 0 Å². The van der Waals surface area contributed by atoms with Gasteiger partial charge in [-0.1, -0.05) is 13.3 Å². The summed E-state index contributed by atoms with van der Waals surface area (Å²) >= 11 is 0. The van der Waals surface area contributed by atoms with Crippen molar-refractivity contribution in [3.8, 4) is 0 Å². The molecule has 1 fully saturated rings. The Labute approximate surface area is 130 Å². The summed E-state index contributed by atoms with van der Waals surface area (Å²) < 4.78 is 9.86. The number of aliphatic hydroxyl groups is 2. The van der Waals surface area contributed by atoms with Crippen LogP contribution in [0.15, 0.2) is 0 Å². The fourth-order valence-corrected chi connectivity index (χ4v) is 1.85. The number of carbonyl (C=O) groups is 2. The Morgan fingerprint density at radius 2 is 1.95 bits per heavy atom. The molecular weight excluding hydrogens is 292 g/mol. The van der Waals surface area contributed by atoms with Crippen molar-refractivity contribution in [2.24, 2.45) is 0 Å². The monoisotopic (exact) mass is 318 g/mol. The lowest BCUT2D eigenvalue weighted by Gasteiger charge is -2.26. The number of epoxide rings is 1. The van der Waals surface area contributed by atoms with Crippen molar-refractivity contribution in [1.82, 2.24) is 10.6 Å².